The van der Waals surface area contributed by atoms with E-state index in [0.29, 0.717) is 55.9 Å². The molecule has 0 saturated carbocycles. The molecule has 1 atom stereocenters. The fourth-order valence-electron chi connectivity index (χ4n) is 6.29. The monoisotopic (exact) mass is 595 g/mol. The molecule has 2 fully saturated rings. The number of fused-ring (bicyclic) bond motifs is 2. The van der Waals surface area contributed by atoms with E-state index in [2.05, 4.69) is 16.0 Å². The van der Waals surface area contributed by atoms with Gasteiger partial charge in [-0.1, -0.05) is 18.2 Å². The zero-order valence-corrected chi connectivity index (χ0v) is 24.5. The lowest BCUT2D eigenvalue weighted by atomic mass is 9.87. The number of carbonyl (C=O) groups excluding carboxylic acids is 5. The van der Waals surface area contributed by atoms with Crippen LogP contribution in [0.5, 0.6) is 5.75 Å². The molecular formula is C31H41N5O7. The second-order valence-electron chi connectivity index (χ2n) is 12.8. The number of likely N-dealkylation sites (tertiary alicyclic amines) is 1. The third kappa shape index (κ3) is 5.61. The van der Waals surface area contributed by atoms with Crippen molar-refractivity contribution in [2.45, 2.75) is 69.6 Å². The average molecular weight is 596 g/mol. The van der Waals surface area contributed by atoms with Gasteiger partial charge in [0.1, 0.15) is 29.0 Å². The van der Waals surface area contributed by atoms with Crippen molar-refractivity contribution in [3.05, 3.63) is 53.6 Å². The second-order valence-corrected chi connectivity index (χ2v) is 12.8. The van der Waals surface area contributed by atoms with Crippen molar-refractivity contribution in [2.24, 2.45) is 0 Å². The van der Waals surface area contributed by atoms with E-state index < -0.39 is 28.7 Å². The van der Waals surface area contributed by atoms with Gasteiger partial charge in [0.15, 0.2) is 0 Å². The van der Waals surface area contributed by atoms with Crippen molar-refractivity contribution < 1.29 is 37.7 Å². The Morgan fingerprint density at radius 1 is 1.02 bits per heavy atom. The molecule has 3 aliphatic heterocycles. The summed E-state index contributed by atoms with van der Waals surface area (Å²) in [5.41, 5.74) is 0.411. The minimum atomic E-state index is -0.997. The largest absolute Gasteiger partial charge is 0.484 e. The molecule has 1 aliphatic carbocycles. The Hall–Kier alpha value is -4.61. The van der Waals surface area contributed by atoms with Crippen LogP contribution >= 0.6 is 0 Å². The van der Waals surface area contributed by atoms with Gasteiger partial charge >= 0.3 is 12.1 Å². The predicted molar refractivity (Wildman–Crippen MR) is 162 cm³/mol. The van der Waals surface area contributed by atoms with Gasteiger partial charge in [-0.05, 0) is 56.2 Å². The normalized spacial score (nSPS) is 22.3. The molecule has 0 aromatic heterocycles. The number of carbonyl (C=O) groups is 5. The summed E-state index contributed by atoms with van der Waals surface area (Å²) >= 11 is 0. The molecule has 232 valence electrons. The number of nitrogens with zero attached hydrogens (tertiary/aromatic N) is 2. The summed E-state index contributed by atoms with van der Waals surface area (Å²) in [6.45, 7) is 6.01. The van der Waals surface area contributed by atoms with E-state index in [1.165, 1.54) is 4.90 Å². The first-order valence-electron chi connectivity index (χ1n) is 14.5. The SMILES string of the molecule is CC(C)(C)OC(=O)N1CCC2(CC1)CC(=O)N(CC(=O)Nc1ccc3c(c1)CC1(C3)NC(=O)NC1=O)c1ccccc1O2.[HH].[HH].[HH]. The molecule has 4 aliphatic rings. The van der Waals surface area contributed by atoms with Crippen LogP contribution in [0.1, 0.15) is 55.4 Å². The Balaban J connectivity index is 0.00000192. The minimum Gasteiger partial charge on any atom is -0.484 e. The molecule has 2 saturated heterocycles. The van der Waals surface area contributed by atoms with E-state index in [4.69, 9.17) is 9.47 Å². The van der Waals surface area contributed by atoms with Crippen molar-refractivity contribution in [1.82, 2.24) is 15.5 Å². The summed E-state index contributed by atoms with van der Waals surface area (Å²) in [7, 11) is 0. The molecular weight excluding hydrogens is 554 g/mol. The van der Waals surface area contributed by atoms with Crippen LogP contribution < -0.4 is 25.6 Å². The second kappa shape index (κ2) is 10.3. The summed E-state index contributed by atoms with van der Waals surface area (Å²) < 4.78 is 12.0. The standard InChI is InChI=1S/C31H35N5O7.3H2/c1-29(2,3)43-28(41)35-12-10-30(11-13-35)17-25(38)36(22-6-4-5-7-23(22)42-30)18-24(37)32-21-9-8-19-15-31(16-20(19)14-21)26(39)33-27(40)34-31;;;/h4-9,14H,10-13,15-18H2,1-3H3,(H,32,37)(H2,33,34,39,40);3*1H. The fraction of sp³-hybridized carbons (Fsp3) is 0.452. The van der Waals surface area contributed by atoms with Crippen LogP contribution in [0.25, 0.3) is 0 Å². The molecule has 3 N–H and O–H groups in total. The van der Waals surface area contributed by atoms with Crippen LogP contribution in [0.2, 0.25) is 0 Å². The third-order valence-corrected chi connectivity index (χ3v) is 8.37. The van der Waals surface area contributed by atoms with Crippen LogP contribution in [0.15, 0.2) is 42.5 Å². The van der Waals surface area contributed by atoms with E-state index in [1.54, 1.807) is 35.2 Å². The average Bonchev–Trinajstić information content (AvgIpc) is 3.39. The first kappa shape index (κ1) is 28.5. The van der Waals surface area contributed by atoms with Gasteiger partial charge in [0.25, 0.3) is 5.91 Å². The zero-order chi connectivity index (χ0) is 30.6. The maximum absolute atomic E-state index is 13.7. The number of benzene rings is 2. The number of urea groups is 1. The first-order chi connectivity index (χ1) is 20.3. The molecule has 12 heteroatoms. The summed E-state index contributed by atoms with van der Waals surface area (Å²) in [4.78, 5) is 66.8. The van der Waals surface area contributed by atoms with Crippen molar-refractivity contribution in [3.63, 3.8) is 0 Å². The number of hydrogen-bond donors (Lipinski definition) is 3. The Bertz CT molecular complexity index is 1540. The van der Waals surface area contributed by atoms with E-state index >= 15 is 0 Å². The molecule has 2 aromatic rings. The number of amides is 6. The quantitative estimate of drug-likeness (QED) is 0.460. The lowest BCUT2D eigenvalue weighted by Crippen LogP contribution is -2.52. The van der Waals surface area contributed by atoms with E-state index in [0.717, 1.165) is 11.1 Å². The van der Waals surface area contributed by atoms with Gasteiger partial charge in [-0.2, -0.15) is 0 Å². The maximum Gasteiger partial charge on any atom is 0.410 e. The van der Waals surface area contributed by atoms with Gasteiger partial charge in [-0.3, -0.25) is 24.6 Å². The highest BCUT2D eigenvalue weighted by Crippen LogP contribution is 2.41. The van der Waals surface area contributed by atoms with Crippen molar-refractivity contribution >= 4 is 41.2 Å². The summed E-state index contributed by atoms with van der Waals surface area (Å²) in [5.74, 6) is -0.483. The topological polar surface area (TPSA) is 146 Å². The number of rotatable bonds is 3. The van der Waals surface area contributed by atoms with Crippen LogP contribution in [-0.2, 0) is 32.0 Å². The summed E-state index contributed by atoms with van der Waals surface area (Å²) in [5, 5.41) is 7.91. The molecule has 2 spiro atoms. The molecule has 3 heterocycles. The van der Waals surface area contributed by atoms with Gasteiger partial charge in [-0.25, -0.2) is 9.59 Å². The molecule has 1 unspecified atom stereocenters. The van der Waals surface area contributed by atoms with Gasteiger partial charge in [-0.15, -0.1) is 0 Å². The summed E-state index contributed by atoms with van der Waals surface area (Å²) in [6, 6.07) is 12.0. The van der Waals surface area contributed by atoms with Gasteiger partial charge in [0, 0.05) is 48.7 Å². The Labute approximate surface area is 253 Å². The van der Waals surface area contributed by atoms with Crippen molar-refractivity contribution in [2.75, 3.05) is 29.9 Å². The molecule has 2 aromatic carbocycles. The van der Waals surface area contributed by atoms with E-state index in [1.807, 2.05) is 32.9 Å². The Kier molecular flexibility index (Phi) is 6.82. The smallest absolute Gasteiger partial charge is 0.410 e. The Morgan fingerprint density at radius 2 is 1.74 bits per heavy atom. The molecule has 0 bridgehead atoms. The van der Waals surface area contributed by atoms with Crippen LogP contribution in [0, 0.1) is 0 Å². The van der Waals surface area contributed by atoms with Crippen molar-refractivity contribution in [1.29, 1.82) is 0 Å². The molecule has 12 nitrogen and oxygen atoms in total. The summed E-state index contributed by atoms with van der Waals surface area (Å²) in [6.07, 6.45) is 1.27. The number of hydrogen-bond acceptors (Lipinski definition) is 7. The Morgan fingerprint density at radius 3 is 2.44 bits per heavy atom. The highest BCUT2D eigenvalue weighted by molar-refractivity contribution is 6.08. The lowest BCUT2D eigenvalue weighted by molar-refractivity contribution is -0.125. The van der Waals surface area contributed by atoms with Gasteiger partial charge in [0.2, 0.25) is 11.8 Å². The number of para-hydroxylation sites is 2. The highest BCUT2D eigenvalue weighted by Gasteiger charge is 2.50. The van der Waals surface area contributed by atoms with Gasteiger partial charge in [0.05, 0.1) is 12.1 Å². The maximum atomic E-state index is 13.7. The minimum absolute atomic E-state index is 0. The predicted octanol–water partition coefficient (Wildman–Crippen LogP) is 3.63. The number of nitrogens with one attached hydrogen (secondary N) is 3. The third-order valence-electron chi connectivity index (χ3n) is 8.37. The molecule has 6 amide bonds. The van der Waals surface area contributed by atoms with Gasteiger partial charge < -0.3 is 25.0 Å². The highest BCUT2D eigenvalue weighted by atomic mass is 16.6. The van der Waals surface area contributed by atoms with E-state index in [9.17, 15) is 24.0 Å². The number of ether oxygens (including phenoxy) is 2. The van der Waals surface area contributed by atoms with E-state index in [-0.39, 0.29) is 35.2 Å². The van der Waals surface area contributed by atoms with Crippen LogP contribution in [0.4, 0.5) is 21.0 Å². The molecule has 0 radical (unpaired) electrons. The zero-order valence-electron chi connectivity index (χ0n) is 24.5. The first-order valence-corrected chi connectivity index (χ1v) is 14.5. The number of anilines is 2. The molecule has 43 heavy (non-hydrogen) atoms. The number of piperidine rings is 1. The number of imide groups is 1. The lowest BCUT2D eigenvalue weighted by Gasteiger charge is -2.40. The van der Waals surface area contributed by atoms with Crippen LogP contribution in [0.3, 0.4) is 0 Å². The fourth-order valence-corrected chi connectivity index (χ4v) is 6.29. The molecule has 6 rings (SSSR count). The van der Waals surface area contributed by atoms with Crippen molar-refractivity contribution in [3.8, 4) is 5.75 Å². The van der Waals surface area contributed by atoms with Crippen LogP contribution in [-0.4, -0.2) is 71.1 Å².